The number of hydrogen-bond acceptors (Lipinski definition) is 4. The number of halogens is 1. The maximum absolute atomic E-state index is 10.7. The molecule has 72 valence electrons. The molecule has 0 bridgehead atoms. The standard InChI is InChI=1S/C8H10BrNO2S/c1-12-8(11)4-10-3-6-2-7(9)13-5-6/h2,5,10H,3-4H2,1H3. The van der Waals surface area contributed by atoms with Crippen molar-refractivity contribution < 1.29 is 9.53 Å². The van der Waals surface area contributed by atoms with Crippen molar-refractivity contribution in [2.24, 2.45) is 0 Å². The average Bonchev–Trinajstić information content (AvgIpc) is 2.51. The monoisotopic (exact) mass is 263 g/mol. The van der Waals surface area contributed by atoms with Crippen molar-refractivity contribution in [3.05, 3.63) is 20.8 Å². The Morgan fingerprint density at radius 3 is 3.08 bits per heavy atom. The number of hydrogen-bond donors (Lipinski definition) is 1. The molecule has 5 heteroatoms. The summed E-state index contributed by atoms with van der Waals surface area (Å²) in [4.78, 5) is 10.7. The molecule has 0 spiro atoms. The normalized spacial score (nSPS) is 10.0. The predicted octanol–water partition coefficient (Wildman–Crippen LogP) is 1.77. The highest BCUT2D eigenvalue weighted by Crippen LogP contribution is 2.20. The summed E-state index contributed by atoms with van der Waals surface area (Å²) in [6.07, 6.45) is 0. The molecule has 0 aliphatic rings. The molecule has 0 amide bonds. The molecule has 1 heterocycles. The lowest BCUT2D eigenvalue weighted by molar-refractivity contribution is -0.139. The number of rotatable bonds is 4. The fourth-order valence-electron chi connectivity index (χ4n) is 0.820. The van der Waals surface area contributed by atoms with Crippen LogP contribution in [0, 0.1) is 0 Å². The molecule has 0 radical (unpaired) electrons. The lowest BCUT2D eigenvalue weighted by atomic mass is 10.3. The third-order valence-electron chi connectivity index (χ3n) is 1.45. The van der Waals surface area contributed by atoms with E-state index in [1.165, 1.54) is 12.7 Å². The van der Waals surface area contributed by atoms with Gasteiger partial charge in [0.1, 0.15) is 0 Å². The molecule has 0 fully saturated rings. The third-order valence-corrected chi connectivity index (χ3v) is 3.00. The summed E-state index contributed by atoms with van der Waals surface area (Å²) >= 11 is 5.00. The van der Waals surface area contributed by atoms with Crippen LogP contribution in [-0.2, 0) is 16.1 Å². The first-order valence-corrected chi connectivity index (χ1v) is 5.40. The zero-order valence-electron chi connectivity index (χ0n) is 7.17. The topological polar surface area (TPSA) is 38.3 Å². The van der Waals surface area contributed by atoms with Crippen LogP contribution in [0.2, 0.25) is 0 Å². The highest BCUT2D eigenvalue weighted by Gasteiger charge is 2.00. The Morgan fingerprint density at radius 1 is 1.77 bits per heavy atom. The molecule has 13 heavy (non-hydrogen) atoms. The summed E-state index contributed by atoms with van der Waals surface area (Å²) in [5, 5.41) is 5.01. The van der Waals surface area contributed by atoms with E-state index >= 15 is 0 Å². The van der Waals surface area contributed by atoms with Crippen LogP contribution in [0.1, 0.15) is 5.56 Å². The second kappa shape index (κ2) is 5.36. The van der Waals surface area contributed by atoms with Crippen LogP contribution < -0.4 is 5.32 Å². The second-order valence-electron chi connectivity index (χ2n) is 2.44. The van der Waals surface area contributed by atoms with Gasteiger partial charge in [0.15, 0.2) is 0 Å². The van der Waals surface area contributed by atoms with Crippen LogP contribution in [0.15, 0.2) is 15.2 Å². The Hall–Kier alpha value is -0.390. The Kier molecular flexibility index (Phi) is 4.41. The minimum atomic E-state index is -0.241. The fraction of sp³-hybridized carbons (Fsp3) is 0.375. The molecular weight excluding hydrogens is 254 g/mol. The lowest BCUT2D eigenvalue weighted by Crippen LogP contribution is -2.23. The molecule has 3 nitrogen and oxygen atoms in total. The number of carbonyl (C=O) groups is 1. The maximum Gasteiger partial charge on any atom is 0.319 e. The van der Waals surface area contributed by atoms with Crippen molar-refractivity contribution in [3.63, 3.8) is 0 Å². The van der Waals surface area contributed by atoms with Crippen LogP contribution in [-0.4, -0.2) is 19.6 Å². The number of nitrogens with one attached hydrogen (secondary N) is 1. The zero-order chi connectivity index (χ0) is 9.68. The van der Waals surface area contributed by atoms with Gasteiger partial charge in [0.2, 0.25) is 0 Å². The molecule has 1 rings (SSSR count). The first-order valence-electron chi connectivity index (χ1n) is 3.73. The minimum absolute atomic E-state index is 0.241. The van der Waals surface area contributed by atoms with E-state index in [2.05, 4.69) is 26.0 Å². The largest absolute Gasteiger partial charge is 0.468 e. The van der Waals surface area contributed by atoms with E-state index in [1.54, 1.807) is 11.3 Å². The minimum Gasteiger partial charge on any atom is -0.468 e. The molecular formula is C8H10BrNO2S. The Bertz CT molecular complexity index is 287. The maximum atomic E-state index is 10.7. The molecule has 0 atom stereocenters. The Morgan fingerprint density at radius 2 is 2.54 bits per heavy atom. The quantitative estimate of drug-likeness (QED) is 0.842. The van der Waals surface area contributed by atoms with Gasteiger partial charge < -0.3 is 10.1 Å². The zero-order valence-corrected chi connectivity index (χ0v) is 9.57. The van der Waals surface area contributed by atoms with Gasteiger partial charge in [-0.15, -0.1) is 11.3 Å². The highest BCUT2D eigenvalue weighted by molar-refractivity contribution is 9.11. The van der Waals surface area contributed by atoms with Gasteiger partial charge in [0.05, 0.1) is 17.4 Å². The van der Waals surface area contributed by atoms with Crippen molar-refractivity contribution in [2.75, 3.05) is 13.7 Å². The third kappa shape index (κ3) is 3.89. The van der Waals surface area contributed by atoms with E-state index < -0.39 is 0 Å². The van der Waals surface area contributed by atoms with Gasteiger partial charge in [-0.3, -0.25) is 4.79 Å². The average molecular weight is 264 g/mol. The number of carbonyl (C=O) groups excluding carboxylic acids is 1. The number of esters is 1. The van der Waals surface area contributed by atoms with E-state index in [0.717, 1.165) is 3.79 Å². The molecule has 0 unspecified atom stereocenters. The van der Waals surface area contributed by atoms with Gasteiger partial charge >= 0.3 is 5.97 Å². The van der Waals surface area contributed by atoms with Crippen molar-refractivity contribution in [2.45, 2.75) is 6.54 Å². The molecule has 1 aromatic rings. The fourth-order valence-corrected chi connectivity index (χ4v) is 2.03. The van der Waals surface area contributed by atoms with E-state index in [9.17, 15) is 4.79 Å². The predicted molar refractivity (Wildman–Crippen MR) is 55.7 cm³/mol. The van der Waals surface area contributed by atoms with E-state index in [4.69, 9.17) is 0 Å². The van der Waals surface area contributed by atoms with E-state index in [0.29, 0.717) is 6.54 Å². The van der Waals surface area contributed by atoms with E-state index in [1.807, 2.05) is 11.4 Å². The summed E-state index contributed by atoms with van der Waals surface area (Å²) in [5.41, 5.74) is 1.17. The number of ether oxygens (including phenoxy) is 1. The highest BCUT2D eigenvalue weighted by atomic mass is 79.9. The second-order valence-corrected chi connectivity index (χ2v) is 4.73. The number of thiophene rings is 1. The molecule has 0 aliphatic heterocycles. The summed E-state index contributed by atoms with van der Waals surface area (Å²) in [5.74, 6) is -0.241. The summed E-state index contributed by atoms with van der Waals surface area (Å²) < 4.78 is 5.58. The summed E-state index contributed by atoms with van der Waals surface area (Å²) in [6, 6.07) is 2.02. The van der Waals surface area contributed by atoms with Crippen LogP contribution >= 0.6 is 27.3 Å². The van der Waals surface area contributed by atoms with Crippen LogP contribution in [0.3, 0.4) is 0 Å². The lowest BCUT2D eigenvalue weighted by Gasteiger charge is -2.00. The molecule has 0 saturated carbocycles. The van der Waals surface area contributed by atoms with Crippen LogP contribution in [0.4, 0.5) is 0 Å². The number of methoxy groups -OCH3 is 1. The van der Waals surface area contributed by atoms with E-state index in [-0.39, 0.29) is 12.5 Å². The molecule has 0 aliphatic carbocycles. The van der Waals surface area contributed by atoms with Gasteiger partial charge in [0, 0.05) is 6.54 Å². The first kappa shape index (κ1) is 10.7. The van der Waals surface area contributed by atoms with Crippen LogP contribution in [0.5, 0.6) is 0 Å². The van der Waals surface area contributed by atoms with Gasteiger partial charge in [-0.2, -0.15) is 0 Å². The smallest absolute Gasteiger partial charge is 0.319 e. The van der Waals surface area contributed by atoms with Crippen molar-refractivity contribution in [3.8, 4) is 0 Å². The van der Waals surface area contributed by atoms with Crippen LogP contribution in [0.25, 0.3) is 0 Å². The van der Waals surface area contributed by atoms with Crippen molar-refractivity contribution in [1.82, 2.24) is 5.32 Å². The first-order chi connectivity index (χ1) is 6.22. The Balaban J connectivity index is 2.24. The Labute approximate surface area is 89.2 Å². The molecule has 1 aromatic heterocycles. The SMILES string of the molecule is COC(=O)CNCc1csc(Br)c1. The van der Waals surface area contributed by atoms with Gasteiger partial charge in [0.25, 0.3) is 0 Å². The molecule has 1 N–H and O–H groups in total. The van der Waals surface area contributed by atoms with Gasteiger partial charge in [-0.25, -0.2) is 0 Å². The van der Waals surface area contributed by atoms with Gasteiger partial charge in [-0.1, -0.05) is 0 Å². The van der Waals surface area contributed by atoms with Crippen molar-refractivity contribution in [1.29, 1.82) is 0 Å². The molecule has 0 saturated heterocycles. The van der Waals surface area contributed by atoms with Crippen molar-refractivity contribution >= 4 is 33.2 Å². The molecule has 0 aromatic carbocycles. The summed E-state index contributed by atoms with van der Waals surface area (Å²) in [6.45, 7) is 0.946. The summed E-state index contributed by atoms with van der Waals surface area (Å²) in [7, 11) is 1.38. The van der Waals surface area contributed by atoms with Gasteiger partial charge in [-0.05, 0) is 32.9 Å².